The zero-order chi connectivity index (χ0) is 27.3. The maximum absolute atomic E-state index is 12.4. The average Bonchev–Trinajstić information content (AvgIpc) is 3.17. The molecule has 7 nitrogen and oxygen atoms in total. The minimum atomic E-state index is -0.336. The molecule has 4 saturated carbocycles. The van der Waals surface area contributed by atoms with Crippen molar-refractivity contribution in [2.24, 2.45) is 52.3 Å². The van der Waals surface area contributed by atoms with Crippen LogP contribution in [0.2, 0.25) is 0 Å². The molecule has 0 heterocycles. The number of carbonyl (C=O) groups is 3. The number of hydrogen-bond acceptors (Lipinski definition) is 7. The lowest BCUT2D eigenvalue weighted by molar-refractivity contribution is -0.227. The first-order valence-corrected chi connectivity index (χ1v) is 14.4. The van der Waals surface area contributed by atoms with E-state index in [0.29, 0.717) is 12.3 Å². The lowest BCUT2D eigenvalue weighted by atomic mass is 9.42. The summed E-state index contributed by atoms with van der Waals surface area (Å²) in [6.07, 6.45) is 5.59. The van der Waals surface area contributed by atoms with Crippen molar-refractivity contribution < 1.29 is 33.7 Å². The third-order valence-electron chi connectivity index (χ3n) is 11.5. The van der Waals surface area contributed by atoms with Crippen molar-refractivity contribution in [1.29, 1.82) is 0 Å². The van der Waals surface area contributed by atoms with Crippen LogP contribution in [0.25, 0.3) is 0 Å². The van der Waals surface area contributed by atoms with Crippen LogP contribution >= 0.6 is 0 Å². The predicted molar refractivity (Wildman–Crippen MR) is 138 cm³/mol. The van der Waals surface area contributed by atoms with Gasteiger partial charge in [0.15, 0.2) is 0 Å². The Balaban J connectivity index is 1.73. The highest BCUT2D eigenvalue weighted by molar-refractivity contribution is 5.69. The summed E-state index contributed by atoms with van der Waals surface area (Å²) in [6, 6.07) is 0. The molecule has 0 aromatic rings. The SMILES string of the molecule is COC(=O)CC[C@@H](C)C1CC[C@H]2[C@@H]3[C@H](OC(C)=O)C[C@@H]4C[C@H](O)[C@H](C)C[C@]4(C)[C@H]3C[C@H](OC(C)=O)[C@]12C. The smallest absolute Gasteiger partial charge is 0.305 e. The summed E-state index contributed by atoms with van der Waals surface area (Å²) in [5.74, 6) is 1.05. The summed E-state index contributed by atoms with van der Waals surface area (Å²) in [7, 11) is 1.43. The maximum Gasteiger partial charge on any atom is 0.305 e. The first-order valence-electron chi connectivity index (χ1n) is 14.4. The normalized spacial score (nSPS) is 45.6. The Hall–Kier alpha value is -1.63. The second-order valence-corrected chi connectivity index (χ2v) is 13.3. The zero-order valence-electron chi connectivity index (χ0n) is 23.8. The van der Waals surface area contributed by atoms with E-state index in [2.05, 4.69) is 27.7 Å². The number of ether oxygens (including phenoxy) is 3. The van der Waals surface area contributed by atoms with Crippen molar-refractivity contribution in [2.75, 3.05) is 7.11 Å². The van der Waals surface area contributed by atoms with Gasteiger partial charge in [-0.05, 0) is 85.9 Å². The molecule has 4 fully saturated rings. The van der Waals surface area contributed by atoms with Crippen LogP contribution in [0.1, 0.15) is 92.9 Å². The van der Waals surface area contributed by atoms with Gasteiger partial charge in [0, 0.05) is 31.6 Å². The number of hydrogen-bond donors (Lipinski definition) is 1. The Kier molecular flexibility index (Phi) is 8.05. The molecule has 0 aromatic heterocycles. The van der Waals surface area contributed by atoms with Crippen LogP contribution in [0.15, 0.2) is 0 Å². The minimum Gasteiger partial charge on any atom is -0.469 e. The van der Waals surface area contributed by atoms with Crippen molar-refractivity contribution in [2.45, 2.75) is 111 Å². The Morgan fingerprint density at radius 3 is 2.30 bits per heavy atom. The predicted octanol–water partition coefficient (Wildman–Crippen LogP) is 4.92. The highest BCUT2D eigenvalue weighted by Gasteiger charge is 2.67. The van der Waals surface area contributed by atoms with E-state index in [0.717, 1.165) is 44.9 Å². The van der Waals surface area contributed by atoms with Crippen molar-refractivity contribution in [1.82, 2.24) is 0 Å². The molecule has 0 radical (unpaired) electrons. The van der Waals surface area contributed by atoms with Crippen molar-refractivity contribution in [3.63, 3.8) is 0 Å². The van der Waals surface area contributed by atoms with Crippen LogP contribution in [0.3, 0.4) is 0 Å². The molecule has 4 rings (SSSR count). The fourth-order valence-electron chi connectivity index (χ4n) is 9.80. The fraction of sp³-hybridized carbons (Fsp3) is 0.900. The molecular formula is C30H48O7. The molecule has 0 amide bonds. The van der Waals surface area contributed by atoms with E-state index in [1.807, 2.05) is 0 Å². The molecule has 12 atom stereocenters. The van der Waals surface area contributed by atoms with Crippen LogP contribution in [0.5, 0.6) is 0 Å². The Labute approximate surface area is 222 Å². The molecule has 7 heteroatoms. The number of carbonyl (C=O) groups excluding carboxylic acids is 3. The van der Waals surface area contributed by atoms with E-state index in [1.165, 1.54) is 21.0 Å². The van der Waals surface area contributed by atoms with Gasteiger partial charge in [0.2, 0.25) is 0 Å². The van der Waals surface area contributed by atoms with E-state index < -0.39 is 0 Å². The molecule has 4 aliphatic rings. The second-order valence-electron chi connectivity index (χ2n) is 13.3. The summed E-state index contributed by atoms with van der Waals surface area (Å²) in [5.41, 5.74) is -0.266. The summed E-state index contributed by atoms with van der Waals surface area (Å²) < 4.78 is 17.2. The van der Waals surface area contributed by atoms with E-state index in [9.17, 15) is 19.5 Å². The topological polar surface area (TPSA) is 99.1 Å². The van der Waals surface area contributed by atoms with Gasteiger partial charge >= 0.3 is 17.9 Å². The van der Waals surface area contributed by atoms with Crippen molar-refractivity contribution in [3.8, 4) is 0 Å². The molecule has 0 aromatic carbocycles. The minimum absolute atomic E-state index is 0.00568. The molecule has 0 bridgehead atoms. The van der Waals surface area contributed by atoms with Gasteiger partial charge < -0.3 is 19.3 Å². The second kappa shape index (κ2) is 10.5. The van der Waals surface area contributed by atoms with Crippen LogP contribution < -0.4 is 0 Å². The number of fused-ring (bicyclic) bond motifs is 5. The van der Waals surface area contributed by atoms with Gasteiger partial charge in [-0.3, -0.25) is 14.4 Å². The molecule has 4 aliphatic carbocycles. The van der Waals surface area contributed by atoms with Crippen LogP contribution in [0.4, 0.5) is 0 Å². The molecule has 0 spiro atoms. The number of methoxy groups -OCH3 is 1. The largest absolute Gasteiger partial charge is 0.469 e. The Morgan fingerprint density at radius 2 is 1.68 bits per heavy atom. The molecule has 0 aliphatic heterocycles. The average molecular weight is 521 g/mol. The number of aliphatic hydroxyl groups is 1. The highest BCUT2D eigenvalue weighted by atomic mass is 16.5. The number of esters is 3. The first kappa shape index (κ1) is 28.4. The monoisotopic (exact) mass is 520 g/mol. The van der Waals surface area contributed by atoms with Crippen LogP contribution in [0, 0.1) is 52.3 Å². The van der Waals surface area contributed by atoms with Gasteiger partial charge in [-0.2, -0.15) is 0 Å². The summed E-state index contributed by atoms with van der Waals surface area (Å²) in [6.45, 7) is 12.0. The van der Waals surface area contributed by atoms with Gasteiger partial charge in [0.1, 0.15) is 12.2 Å². The third kappa shape index (κ3) is 4.94. The standard InChI is InChI=1S/C30H48O7/c1-16(8-11-27(34)35-7)21-9-10-22-28-23(14-26(30(21,22)6)37-19(4)32)29(5)15-17(2)24(33)12-20(29)13-25(28)36-18(3)31/h16-17,20-26,28,33H,8-15H2,1-7H3/t16-,17-,20+,21?,22+,23+,24+,25-,26+,28+,29+,30-/m1/s1. The Bertz CT molecular complexity index is 887. The van der Waals surface area contributed by atoms with E-state index >= 15 is 0 Å². The van der Waals surface area contributed by atoms with Gasteiger partial charge in [0.25, 0.3) is 0 Å². The number of aliphatic hydroxyl groups excluding tert-OH is 1. The van der Waals surface area contributed by atoms with Gasteiger partial charge in [-0.15, -0.1) is 0 Å². The molecule has 0 saturated heterocycles. The Morgan fingerprint density at radius 1 is 1.00 bits per heavy atom. The zero-order valence-corrected chi connectivity index (χ0v) is 23.8. The quantitative estimate of drug-likeness (QED) is 0.392. The summed E-state index contributed by atoms with van der Waals surface area (Å²) in [4.78, 5) is 36.6. The van der Waals surface area contributed by atoms with Gasteiger partial charge in [0.05, 0.1) is 13.2 Å². The maximum atomic E-state index is 12.4. The van der Waals surface area contributed by atoms with Crippen LogP contribution in [-0.2, 0) is 28.6 Å². The molecular weight excluding hydrogens is 472 g/mol. The molecule has 37 heavy (non-hydrogen) atoms. The van der Waals surface area contributed by atoms with E-state index in [4.69, 9.17) is 14.2 Å². The first-order chi connectivity index (χ1) is 17.3. The van der Waals surface area contributed by atoms with Gasteiger partial charge in [-0.1, -0.05) is 27.7 Å². The number of rotatable bonds is 6. The van der Waals surface area contributed by atoms with E-state index in [-0.39, 0.29) is 82.6 Å². The van der Waals surface area contributed by atoms with E-state index in [1.54, 1.807) is 0 Å². The third-order valence-corrected chi connectivity index (χ3v) is 11.5. The lowest BCUT2D eigenvalue weighted by Gasteiger charge is -2.64. The summed E-state index contributed by atoms with van der Waals surface area (Å²) >= 11 is 0. The van der Waals surface area contributed by atoms with Gasteiger partial charge in [-0.25, -0.2) is 0 Å². The molecule has 1 N–H and O–H groups in total. The van der Waals surface area contributed by atoms with Crippen molar-refractivity contribution >= 4 is 17.9 Å². The van der Waals surface area contributed by atoms with Crippen LogP contribution in [-0.4, -0.2) is 48.4 Å². The lowest BCUT2D eigenvalue weighted by Crippen LogP contribution is -2.64. The fourth-order valence-corrected chi connectivity index (χ4v) is 9.80. The molecule has 210 valence electrons. The van der Waals surface area contributed by atoms with Crippen molar-refractivity contribution in [3.05, 3.63) is 0 Å². The highest BCUT2D eigenvalue weighted by Crippen LogP contribution is 2.69. The summed E-state index contributed by atoms with van der Waals surface area (Å²) in [5, 5.41) is 10.8. The molecule has 1 unspecified atom stereocenters.